The predicted octanol–water partition coefficient (Wildman–Crippen LogP) is 2.36. The molecule has 0 aliphatic carbocycles. The summed E-state index contributed by atoms with van der Waals surface area (Å²) in [6.45, 7) is 5.07. The summed E-state index contributed by atoms with van der Waals surface area (Å²) in [7, 11) is 0. The van der Waals surface area contributed by atoms with E-state index in [1.54, 1.807) is 6.07 Å². The molecule has 2 nitrogen and oxygen atoms in total. The molecule has 0 aromatic heterocycles. The third-order valence-corrected chi connectivity index (χ3v) is 3.02. The van der Waals surface area contributed by atoms with Crippen LogP contribution in [0.15, 0.2) is 18.2 Å². The first-order valence-electron chi connectivity index (χ1n) is 5.45. The van der Waals surface area contributed by atoms with Crippen LogP contribution >= 0.6 is 0 Å². The highest BCUT2D eigenvalue weighted by Crippen LogP contribution is 2.22. The number of ether oxygens (including phenoxy) is 1. The molecule has 0 amide bonds. The molecule has 1 aliphatic heterocycles. The summed E-state index contributed by atoms with van der Waals surface area (Å²) < 4.78 is 31.1. The van der Waals surface area contributed by atoms with Crippen molar-refractivity contribution in [1.82, 2.24) is 4.90 Å². The maximum Gasteiger partial charge on any atom is 0.159 e. The van der Waals surface area contributed by atoms with Crippen LogP contribution < -0.4 is 0 Å². The number of rotatable bonds is 2. The van der Waals surface area contributed by atoms with E-state index in [1.165, 1.54) is 12.1 Å². The highest BCUT2D eigenvalue weighted by atomic mass is 19.2. The zero-order valence-corrected chi connectivity index (χ0v) is 9.25. The van der Waals surface area contributed by atoms with Gasteiger partial charge in [0.2, 0.25) is 0 Å². The Morgan fingerprint density at radius 1 is 1.19 bits per heavy atom. The zero-order valence-electron chi connectivity index (χ0n) is 9.25. The Labute approximate surface area is 93.8 Å². The lowest BCUT2D eigenvalue weighted by molar-refractivity contribution is 0.0198. The largest absolute Gasteiger partial charge is 0.379 e. The van der Waals surface area contributed by atoms with E-state index < -0.39 is 11.6 Å². The summed E-state index contributed by atoms with van der Waals surface area (Å²) in [5.41, 5.74) is 0.806. The average Bonchev–Trinajstić information content (AvgIpc) is 2.33. The van der Waals surface area contributed by atoms with Crippen LogP contribution in [0.2, 0.25) is 0 Å². The molecule has 0 radical (unpaired) electrons. The van der Waals surface area contributed by atoms with Crippen LogP contribution in [-0.4, -0.2) is 31.2 Å². The maximum atomic E-state index is 13.1. The Kier molecular flexibility index (Phi) is 3.51. The first-order chi connectivity index (χ1) is 7.68. The topological polar surface area (TPSA) is 12.5 Å². The van der Waals surface area contributed by atoms with Crippen LogP contribution in [0.25, 0.3) is 0 Å². The molecular formula is C12H15F2NO. The van der Waals surface area contributed by atoms with Crippen LogP contribution in [0.3, 0.4) is 0 Å². The van der Waals surface area contributed by atoms with E-state index in [9.17, 15) is 8.78 Å². The van der Waals surface area contributed by atoms with Gasteiger partial charge in [0, 0.05) is 19.1 Å². The molecule has 1 aromatic carbocycles. The van der Waals surface area contributed by atoms with Crippen molar-refractivity contribution in [2.75, 3.05) is 26.3 Å². The Balaban J connectivity index is 2.12. The molecule has 1 heterocycles. The molecule has 0 bridgehead atoms. The summed E-state index contributed by atoms with van der Waals surface area (Å²) in [5, 5.41) is 0. The zero-order chi connectivity index (χ0) is 11.5. The summed E-state index contributed by atoms with van der Waals surface area (Å²) in [5.74, 6) is -1.57. The van der Waals surface area contributed by atoms with Gasteiger partial charge in [-0.1, -0.05) is 6.07 Å². The first-order valence-corrected chi connectivity index (χ1v) is 5.45. The van der Waals surface area contributed by atoms with Crippen LogP contribution in [0.5, 0.6) is 0 Å². The second-order valence-corrected chi connectivity index (χ2v) is 4.00. The van der Waals surface area contributed by atoms with Gasteiger partial charge in [-0.15, -0.1) is 0 Å². The minimum absolute atomic E-state index is 0.0963. The summed E-state index contributed by atoms with van der Waals surface area (Å²) in [4.78, 5) is 2.20. The van der Waals surface area contributed by atoms with E-state index in [1.807, 2.05) is 6.92 Å². The second-order valence-electron chi connectivity index (χ2n) is 4.00. The van der Waals surface area contributed by atoms with Gasteiger partial charge in [-0.3, -0.25) is 4.90 Å². The number of nitrogens with zero attached hydrogens (tertiary/aromatic N) is 1. The molecule has 1 aromatic rings. The quantitative estimate of drug-likeness (QED) is 0.769. The molecule has 1 atom stereocenters. The lowest BCUT2D eigenvalue weighted by Crippen LogP contribution is -2.38. The average molecular weight is 227 g/mol. The van der Waals surface area contributed by atoms with E-state index in [0.717, 1.165) is 18.7 Å². The van der Waals surface area contributed by atoms with Crippen molar-refractivity contribution in [1.29, 1.82) is 0 Å². The van der Waals surface area contributed by atoms with Gasteiger partial charge < -0.3 is 4.74 Å². The van der Waals surface area contributed by atoms with Crippen LogP contribution in [0, 0.1) is 11.6 Å². The normalized spacial score (nSPS) is 19.7. The molecular weight excluding hydrogens is 212 g/mol. The maximum absolute atomic E-state index is 13.1. The minimum atomic E-state index is -0.794. The highest BCUT2D eigenvalue weighted by molar-refractivity contribution is 5.21. The van der Waals surface area contributed by atoms with Gasteiger partial charge in [-0.25, -0.2) is 8.78 Å². The molecule has 16 heavy (non-hydrogen) atoms. The standard InChI is InChI=1S/C12H15F2NO/c1-9(15-4-6-16-7-5-15)10-2-3-11(13)12(14)8-10/h2-3,8-9H,4-7H2,1H3. The lowest BCUT2D eigenvalue weighted by atomic mass is 10.1. The molecule has 2 rings (SSSR count). The smallest absolute Gasteiger partial charge is 0.159 e. The molecule has 0 spiro atoms. The van der Waals surface area contributed by atoms with Gasteiger partial charge in [-0.05, 0) is 24.6 Å². The Morgan fingerprint density at radius 2 is 1.88 bits per heavy atom. The van der Waals surface area contributed by atoms with Crippen LogP contribution in [0.4, 0.5) is 8.78 Å². The fourth-order valence-electron chi connectivity index (χ4n) is 1.95. The summed E-state index contributed by atoms with van der Waals surface area (Å²) in [6.07, 6.45) is 0. The van der Waals surface area contributed by atoms with Gasteiger partial charge >= 0.3 is 0 Å². The minimum Gasteiger partial charge on any atom is -0.379 e. The van der Waals surface area contributed by atoms with Gasteiger partial charge in [0.15, 0.2) is 11.6 Å². The van der Waals surface area contributed by atoms with Crippen molar-refractivity contribution in [3.05, 3.63) is 35.4 Å². The van der Waals surface area contributed by atoms with Crippen molar-refractivity contribution < 1.29 is 13.5 Å². The molecule has 0 saturated carbocycles. The van der Waals surface area contributed by atoms with E-state index >= 15 is 0 Å². The van der Waals surface area contributed by atoms with E-state index in [-0.39, 0.29) is 6.04 Å². The monoisotopic (exact) mass is 227 g/mol. The van der Waals surface area contributed by atoms with E-state index in [0.29, 0.717) is 13.2 Å². The van der Waals surface area contributed by atoms with Gasteiger partial charge in [0.05, 0.1) is 13.2 Å². The Hall–Kier alpha value is -1.00. The van der Waals surface area contributed by atoms with Gasteiger partial charge in [0.1, 0.15) is 0 Å². The van der Waals surface area contributed by atoms with Gasteiger partial charge in [-0.2, -0.15) is 0 Å². The summed E-state index contributed by atoms with van der Waals surface area (Å²) >= 11 is 0. The Bertz CT molecular complexity index is 364. The van der Waals surface area contributed by atoms with Crippen molar-refractivity contribution in [2.45, 2.75) is 13.0 Å². The van der Waals surface area contributed by atoms with Crippen molar-refractivity contribution in [2.24, 2.45) is 0 Å². The number of benzene rings is 1. The SMILES string of the molecule is CC(c1ccc(F)c(F)c1)N1CCOCC1. The predicted molar refractivity (Wildman–Crippen MR) is 57.2 cm³/mol. The second kappa shape index (κ2) is 4.89. The van der Waals surface area contributed by atoms with E-state index in [4.69, 9.17) is 4.74 Å². The molecule has 4 heteroatoms. The lowest BCUT2D eigenvalue weighted by Gasteiger charge is -2.32. The highest BCUT2D eigenvalue weighted by Gasteiger charge is 2.19. The van der Waals surface area contributed by atoms with Crippen molar-refractivity contribution in [3.63, 3.8) is 0 Å². The third kappa shape index (κ3) is 2.39. The van der Waals surface area contributed by atoms with Crippen LogP contribution in [-0.2, 0) is 4.74 Å². The van der Waals surface area contributed by atoms with Crippen LogP contribution in [0.1, 0.15) is 18.5 Å². The number of morpholine rings is 1. The summed E-state index contributed by atoms with van der Waals surface area (Å²) in [6, 6.07) is 4.19. The first kappa shape index (κ1) is 11.5. The molecule has 0 N–H and O–H groups in total. The number of hydrogen-bond acceptors (Lipinski definition) is 2. The molecule has 1 saturated heterocycles. The molecule has 1 fully saturated rings. The number of hydrogen-bond donors (Lipinski definition) is 0. The molecule has 1 aliphatic rings. The molecule has 88 valence electrons. The van der Waals surface area contributed by atoms with Crippen molar-refractivity contribution in [3.8, 4) is 0 Å². The number of halogens is 2. The van der Waals surface area contributed by atoms with E-state index in [2.05, 4.69) is 4.90 Å². The third-order valence-electron chi connectivity index (χ3n) is 3.02. The fraction of sp³-hybridized carbons (Fsp3) is 0.500. The Morgan fingerprint density at radius 3 is 2.50 bits per heavy atom. The van der Waals surface area contributed by atoms with Crippen molar-refractivity contribution >= 4 is 0 Å². The van der Waals surface area contributed by atoms with Gasteiger partial charge in [0.25, 0.3) is 0 Å². The molecule has 1 unspecified atom stereocenters. The fourth-order valence-corrected chi connectivity index (χ4v) is 1.95.